The van der Waals surface area contributed by atoms with E-state index in [9.17, 15) is 14.4 Å². The molecule has 0 saturated carbocycles. The maximum Gasteiger partial charge on any atom is 0.413 e. The van der Waals surface area contributed by atoms with E-state index in [0.717, 1.165) is 13.5 Å². The molecule has 0 aliphatic rings. The van der Waals surface area contributed by atoms with Crippen LogP contribution in [0.2, 0.25) is 5.02 Å². The summed E-state index contributed by atoms with van der Waals surface area (Å²) in [6.45, 7) is 3.69. The van der Waals surface area contributed by atoms with Gasteiger partial charge in [0.05, 0.1) is 31.4 Å². The van der Waals surface area contributed by atoms with E-state index in [4.69, 9.17) is 25.8 Å². The largest absolute Gasteiger partial charge is 0.493 e. The van der Waals surface area contributed by atoms with E-state index in [1.54, 1.807) is 0 Å². The topological polar surface area (TPSA) is 100 Å². The van der Waals surface area contributed by atoms with E-state index in [1.165, 1.54) is 26.2 Å². The summed E-state index contributed by atoms with van der Waals surface area (Å²) in [7, 11) is 2.52. The van der Waals surface area contributed by atoms with E-state index in [-0.39, 0.29) is 16.3 Å². The molecule has 138 valence electrons. The van der Waals surface area contributed by atoms with Gasteiger partial charge in [-0.25, -0.2) is 9.59 Å². The number of halogens is 1. The minimum absolute atomic E-state index is 0.0726. The lowest BCUT2D eigenvalue weighted by molar-refractivity contribution is -0.128. The highest BCUT2D eigenvalue weighted by molar-refractivity contribution is 6.32. The van der Waals surface area contributed by atoms with Crippen LogP contribution < -0.4 is 14.8 Å². The summed E-state index contributed by atoms with van der Waals surface area (Å²) in [6.07, 6.45) is -1.39. The van der Waals surface area contributed by atoms with Crippen LogP contribution in [0.25, 0.3) is 0 Å². The first-order valence-corrected chi connectivity index (χ1v) is 7.81. The van der Waals surface area contributed by atoms with Crippen molar-refractivity contribution in [1.82, 2.24) is 5.32 Å². The highest BCUT2D eigenvalue weighted by Crippen LogP contribution is 2.36. The average Bonchev–Trinajstić information content (AvgIpc) is 2.59. The van der Waals surface area contributed by atoms with Crippen LogP contribution >= 0.6 is 11.6 Å². The van der Waals surface area contributed by atoms with Gasteiger partial charge in [0.15, 0.2) is 17.6 Å². The molecule has 1 aromatic carbocycles. The molecule has 1 atom stereocenters. The van der Waals surface area contributed by atoms with Crippen LogP contribution in [0.1, 0.15) is 30.6 Å². The number of rotatable bonds is 7. The van der Waals surface area contributed by atoms with Crippen molar-refractivity contribution in [3.05, 3.63) is 22.7 Å². The van der Waals surface area contributed by atoms with Crippen molar-refractivity contribution < 1.29 is 33.3 Å². The Kier molecular flexibility index (Phi) is 8.00. The molecule has 0 heterocycles. The van der Waals surface area contributed by atoms with Crippen LogP contribution in [-0.4, -0.2) is 44.9 Å². The van der Waals surface area contributed by atoms with Crippen molar-refractivity contribution in [2.45, 2.75) is 26.4 Å². The number of benzene rings is 1. The van der Waals surface area contributed by atoms with Gasteiger partial charge < -0.3 is 18.9 Å². The lowest BCUT2D eigenvalue weighted by atomic mass is 10.2. The molecular weight excluding hydrogens is 354 g/mol. The molecule has 0 aliphatic carbocycles. The van der Waals surface area contributed by atoms with E-state index in [2.05, 4.69) is 4.74 Å². The predicted octanol–water partition coefficient (Wildman–Crippen LogP) is 2.57. The second-order valence-corrected chi connectivity index (χ2v) is 5.27. The van der Waals surface area contributed by atoms with E-state index in [1.807, 2.05) is 12.2 Å². The third-order valence-corrected chi connectivity index (χ3v) is 3.26. The number of esters is 1. The minimum Gasteiger partial charge on any atom is -0.493 e. The van der Waals surface area contributed by atoms with Crippen LogP contribution in [0, 0.1) is 0 Å². The van der Waals surface area contributed by atoms with Gasteiger partial charge in [0.1, 0.15) is 0 Å². The number of methoxy groups -OCH3 is 2. The van der Waals surface area contributed by atoms with E-state index < -0.39 is 24.1 Å². The Balaban J connectivity index is 2.89. The molecule has 25 heavy (non-hydrogen) atoms. The molecule has 8 nitrogen and oxygen atoms in total. The van der Waals surface area contributed by atoms with Gasteiger partial charge in [0.25, 0.3) is 5.91 Å². The zero-order chi connectivity index (χ0) is 19.0. The summed E-state index contributed by atoms with van der Waals surface area (Å²) in [6, 6.07) is 2.74. The van der Waals surface area contributed by atoms with Crippen molar-refractivity contribution in [3.8, 4) is 11.5 Å². The zero-order valence-corrected chi connectivity index (χ0v) is 15.1. The fourth-order valence-electron chi connectivity index (χ4n) is 1.72. The molecule has 2 amide bonds. The standard InChI is InChI=1S/C16H20ClNO7/c1-5-6-24-13-11(17)7-10(8-12(13)22-3)15(20)25-9(2)14(19)18-16(21)23-4/h7-9H,5-6H2,1-4H3,(H,18,19,21)/t9-/m1/s1. The van der Waals surface area contributed by atoms with Gasteiger partial charge in [-0.2, -0.15) is 0 Å². The van der Waals surface area contributed by atoms with Crippen LogP contribution in [0.5, 0.6) is 11.5 Å². The van der Waals surface area contributed by atoms with Gasteiger partial charge in [-0.3, -0.25) is 10.1 Å². The first-order valence-electron chi connectivity index (χ1n) is 7.44. The maximum absolute atomic E-state index is 12.2. The Labute approximate surface area is 150 Å². The second kappa shape index (κ2) is 9.73. The molecule has 0 saturated heterocycles. The number of hydrogen-bond donors (Lipinski definition) is 1. The summed E-state index contributed by atoms with van der Waals surface area (Å²) >= 11 is 6.13. The maximum atomic E-state index is 12.2. The number of carbonyl (C=O) groups excluding carboxylic acids is 3. The van der Waals surface area contributed by atoms with Crippen LogP contribution in [0.3, 0.4) is 0 Å². The highest BCUT2D eigenvalue weighted by Gasteiger charge is 2.23. The number of imide groups is 1. The highest BCUT2D eigenvalue weighted by atomic mass is 35.5. The predicted molar refractivity (Wildman–Crippen MR) is 89.2 cm³/mol. The van der Waals surface area contributed by atoms with Crippen molar-refractivity contribution in [2.75, 3.05) is 20.8 Å². The number of nitrogens with one attached hydrogen (secondary N) is 1. The summed E-state index contributed by atoms with van der Waals surface area (Å²) < 4.78 is 20.0. The number of alkyl carbamates (subject to hydrolysis) is 1. The summed E-state index contributed by atoms with van der Waals surface area (Å²) in [5, 5.41) is 2.08. The molecule has 0 unspecified atom stereocenters. The Morgan fingerprint density at radius 1 is 1.24 bits per heavy atom. The molecule has 0 radical (unpaired) electrons. The Bertz CT molecular complexity index is 648. The molecule has 1 aromatic rings. The van der Waals surface area contributed by atoms with Crippen LogP contribution in [0.15, 0.2) is 12.1 Å². The molecule has 9 heteroatoms. The van der Waals surface area contributed by atoms with Gasteiger partial charge in [-0.1, -0.05) is 18.5 Å². The summed E-state index contributed by atoms with van der Waals surface area (Å²) in [4.78, 5) is 34.9. The molecule has 0 aliphatic heterocycles. The normalized spacial score (nSPS) is 11.2. The van der Waals surface area contributed by atoms with Crippen LogP contribution in [-0.2, 0) is 14.3 Å². The van der Waals surface area contributed by atoms with Crippen molar-refractivity contribution in [2.24, 2.45) is 0 Å². The van der Waals surface area contributed by atoms with Crippen molar-refractivity contribution in [1.29, 1.82) is 0 Å². The molecule has 1 rings (SSSR count). The van der Waals surface area contributed by atoms with Gasteiger partial charge in [-0.05, 0) is 25.5 Å². The smallest absolute Gasteiger partial charge is 0.413 e. The van der Waals surface area contributed by atoms with Gasteiger partial charge in [0.2, 0.25) is 0 Å². The molecule has 0 spiro atoms. The Morgan fingerprint density at radius 2 is 1.92 bits per heavy atom. The Morgan fingerprint density at radius 3 is 2.48 bits per heavy atom. The second-order valence-electron chi connectivity index (χ2n) is 4.87. The van der Waals surface area contributed by atoms with E-state index >= 15 is 0 Å². The quantitative estimate of drug-likeness (QED) is 0.733. The van der Waals surface area contributed by atoms with E-state index in [0.29, 0.717) is 12.4 Å². The summed E-state index contributed by atoms with van der Waals surface area (Å²) in [5.41, 5.74) is 0.0726. The summed E-state index contributed by atoms with van der Waals surface area (Å²) in [5.74, 6) is -1.05. The fraction of sp³-hybridized carbons (Fsp3) is 0.438. The SMILES string of the molecule is CCCOc1c(Cl)cc(C(=O)O[C@H](C)C(=O)NC(=O)OC)cc1OC. The third-order valence-electron chi connectivity index (χ3n) is 2.98. The number of carbonyl (C=O) groups is 3. The molecule has 0 bridgehead atoms. The molecule has 0 fully saturated rings. The zero-order valence-electron chi connectivity index (χ0n) is 14.4. The first kappa shape index (κ1) is 20.6. The monoisotopic (exact) mass is 373 g/mol. The van der Waals surface area contributed by atoms with Gasteiger partial charge in [0, 0.05) is 0 Å². The Hall–Kier alpha value is -2.48. The number of ether oxygens (including phenoxy) is 4. The number of amides is 2. The minimum atomic E-state index is -1.22. The van der Waals surface area contributed by atoms with Gasteiger partial charge in [-0.15, -0.1) is 0 Å². The first-order chi connectivity index (χ1) is 11.8. The van der Waals surface area contributed by atoms with Crippen molar-refractivity contribution in [3.63, 3.8) is 0 Å². The third kappa shape index (κ3) is 5.82. The van der Waals surface area contributed by atoms with Gasteiger partial charge >= 0.3 is 12.1 Å². The van der Waals surface area contributed by atoms with Crippen LogP contribution in [0.4, 0.5) is 4.79 Å². The molecule has 0 aromatic heterocycles. The lowest BCUT2D eigenvalue weighted by Gasteiger charge is -2.15. The molecular formula is C16H20ClNO7. The lowest BCUT2D eigenvalue weighted by Crippen LogP contribution is -2.39. The number of hydrogen-bond acceptors (Lipinski definition) is 7. The molecule has 1 N–H and O–H groups in total. The van der Waals surface area contributed by atoms with Crippen molar-refractivity contribution >= 4 is 29.6 Å². The average molecular weight is 374 g/mol. The fourth-order valence-corrected chi connectivity index (χ4v) is 1.98.